The van der Waals surface area contributed by atoms with Gasteiger partial charge in [0.15, 0.2) is 0 Å². The van der Waals surface area contributed by atoms with Crippen LogP contribution in [-0.4, -0.2) is 8.07 Å². The van der Waals surface area contributed by atoms with E-state index in [-0.39, 0.29) is 0 Å². The summed E-state index contributed by atoms with van der Waals surface area (Å²) >= 11 is 0. The Morgan fingerprint density at radius 3 is 2.11 bits per heavy atom. The van der Waals surface area contributed by atoms with Gasteiger partial charge in [-0.3, -0.25) is 0 Å². The number of rotatable bonds is 2. The zero-order valence-electron chi connectivity index (χ0n) is 11.9. The van der Waals surface area contributed by atoms with Crippen LogP contribution in [-0.2, 0) is 6.42 Å². The van der Waals surface area contributed by atoms with Crippen molar-refractivity contribution >= 4 is 13.6 Å². The molecule has 0 nitrogen and oxygen atoms in total. The maximum atomic E-state index is 2.46. The summed E-state index contributed by atoms with van der Waals surface area (Å²) in [6.07, 6.45) is 1.15. The topological polar surface area (TPSA) is 0 Å². The van der Waals surface area contributed by atoms with Gasteiger partial charge in [-0.25, -0.2) is 0 Å². The Balaban J connectivity index is 2.24. The lowest BCUT2D eigenvalue weighted by Crippen LogP contribution is -2.25. The number of hydrogen-bond acceptors (Lipinski definition) is 0. The third-order valence-corrected chi connectivity index (χ3v) is 6.16. The van der Waals surface area contributed by atoms with Crippen LogP contribution in [0.1, 0.15) is 16.7 Å². The maximum absolute atomic E-state index is 2.46. The van der Waals surface area contributed by atoms with Crippen LogP contribution in [0.4, 0.5) is 0 Å². The average molecular weight is 264 g/mol. The standard InChI is InChI=1S/C18H20Si/c1-19(2,3)17-13-15-11-7-8-12-16(15)18(17)14-9-5-4-6-10-14/h4-12H,13H2,1-3H3. The Labute approximate surface area is 116 Å². The summed E-state index contributed by atoms with van der Waals surface area (Å²) in [5, 5.41) is 1.69. The van der Waals surface area contributed by atoms with Gasteiger partial charge in [0, 0.05) is 0 Å². The minimum Gasteiger partial charge on any atom is -0.0685 e. The first-order chi connectivity index (χ1) is 9.07. The first-order valence-electron chi connectivity index (χ1n) is 6.95. The highest BCUT2D eigenvalue weighted by molar-refractivity contribution is 6.84. The van der Waals surface area contributed by atoms with Crippen molar-refractivity contribution < 1.29 is 0 Å². The van der Waals surface area contributed by atoms with Gasteiger partial charge in [0.05, 0.1) is 8.07 Å². The number of hydrogen-bond donors (Lipinski definition) is 0. The van der Waals surface area contributed by atoms with E-state index in [0.717, 1.165) is 6.42 Å². The molecule has 1 heteroatoms. The Bertz CT molecular complexity index is 630. The van der Waals surface area contributed by atoms with E-state index in [1.165, 1.54) is 22.3 Å². The second-order valence-corrected chi connectivity index (χ2v) is 11.4. The molecule has 1 aliphatic rings. The summed E-state index contributed by atoms with van der Waals surface area (Å²) in [6, 6.07) is 19.8. The third-order valence-electron chi connectivity index (χ3n) is 3.92. The molecule has 0 amide bonds. The smallest absolute Gasteiger partial charge is 0.0685 e. The van der Waals surface area contributed by atoms with Gasteiger partial charge in [0.1, 0.15) is 0 Å². The minimum atomic E-state index is -1.29. The number of benzene rings is 2. The highest BCUT2D eigenvalue weighted by atomic mass is 28.3. The van der Waals surface area contributed by atoms with Crippen LogP contribution < -0.4 is 0 Å². The van der Waals surface area contributed by atoms with Crippen molar-refractivity contribution in [1.82, 2.24) is 0 Å². The van der Waals surface area contributed by atoms with E-state index in [9.17, 15) is 0 Å². The number of allylic oxidation sites excluding steroid dienone is 1. The molecule has 0 bridgehead atoms. The van der Waals surface area contributed by atoms with E-state index in [4.69, 9.17) is 0 Å². The zero-order valence-corrected chi connectivity index (χ0v) is 12.9. The van der Waals surface area contributed by atoms with Gasteiger partial charge in [-0.2, -0.15) is 0 Å². The molecule has 1 aliphatic carbocycles. The zero-order chi connectivity index (χ0) is 13.5. The fourth-order valence-electron chi connectivity index (χ4n) is 2.93. The van der Waals surface area contributed by atoms with Crippen molar-refractivity contribution in [2.45, 2.75) is 26.1 Å². The first-order valence-corrected chi connectivity index (χ1v) is 10.4. The molecule has 0 saturated carbocycles. The summed E-state index contributed by atoms with van der Waals surface area (Å²) in [6.45, 7) is 7.37. The van der Waals surface area contributed by atoms with E-state index < -0.39 is 8.07 Å². The normalized spacial score (nSPS) is 14.7. The van der Waals surface area contributed by atoms with Gasteiger partial charge in [0.2, 0.25) is 0 Å². The van der Waals surface area contributed by atoms with Gasteiger partial charge >= 0.3 is 0 Å². The molecular weight excluding hydrogens is 244 g/mol. The van der Waals surface area contributed by atoms with Crippen molar-refractivity contribution in [1.29, 1.82) is 0 Å². The molecule has 96 valence electrons. The molecule has 2 aromatic rings. The summed E-state index contributed by atoms with van der Waals surface area (Å²) in [4.78, 5) is 0. The van der Waals surface area contributed by atoms with Crippen LogP contribution in [0.25, 0.3) is 5.57 Å². The van der Waals surface area contributed by atoms with Crippen molar-refractivity contribution in [2.75, 3.05) is 0 Å². The highest BCUT2D eigenvalue weighted by Gasteiger charge is 2.30. The lowest BCUT2D eigenvalue weighted by atomic mass is 9.99. The van der Waals surface area contributed by atoms with Crippen molar-refractivity contribution in [3.8, 4) is 0 Å². The SMILES string of the molecule is C[Si](C)(C)C1=C(c2ccccc2)c2ccccc2C1. The minimum absolute atomic E-state index is 1.15. The quantitative estimate of drug-likeness (QED) is 0.675. The molecule has 2 aromatic carbocycles. The van der Waals surface area contributed by atoms with Crippen molar-refractivity contribution in [2.24, 2.45) is 0 Å². The van der Waals surface area contributed by atoms with E-state index >= 15 is 0 Å². The maximum Gasteiger partial charge on any atom is 0.0737 e. The first kappa shape index (κ1) is 12.4. The van der Waals surface area contributed by atoms with E-state index in [1.807, 2.05) is 0 Å². The van der Waals surface area contributed by atoms with E-state index in [2.05, 4.69) is 74.2 Å². The van der Waals surface area contributed by atoms with Crippen LogP contribution in [0.2, 0.25) is 19.6 Å². The van der Waals surface area contributed by atoms with Gasteiger partial charge in [-0.15, -0.1) is 0 Å². The fraction of sp³-hybridized carbons (Fsp3) is 0.222. The Morgan fingerprint density at radius 1 is 0.789 bits per heavy atom. The van der Waals surface area contributed by atoms with Crippen LogP contribution in [0.15, 0.2) is 59.8 Å². The molecule has 0 saturated heterocycles. The molecule has 0 atom stereocenters. The molecule has 0 N–H and O–H groups in total. The molecule has 3 rings (SSSR count). The van der Waals surface area contributed by atoms with Crippen LogP contribution in [0, 0.1) is 0 Å². The predicted molar refractivity (Wildman–Crippen MR) is 86.0 cm³/mol. The summed E-state index contributed by atoms with van der Waals surface area (Å²) in [7, 11) is -1.29. The molecule has 0 heterocycles. The second-order valence-electron chi connectivity index (χ2n) is 6.30. The predicted octanol–water partition coefficient (Wildman–Crippen LogP) is 4.92. The molecule has 0 aliphatic heterocycles. The van der Waals surface area contributed by atoms with Crippen molar-refractivity contribution in [3.63, 3.8) is 0 Å². The second kappa shape index (κ2) is 4.50. The lowest BCUT2D eigenvalue weighted by molar-refractivity contribution is 1.26. The molecule has 0 unspecified atom stereocenters. The largest absolute Gasteiger partial charge is 0.0737 e. The third kappa shape index (κ3) is 2.19. The Hall–Kier alpha value is -1.60. The summed E-state index contributed by atoms with van der Waals surface area (Å²) < 4.78 is 0. The van der Waals surface area contributed by atoms with E-state index in [1.54, 1.807) is 5.20 Å². The Morgan fingerprint density at radius 2 is 1.42 bits per heavy atom. The van der Waals surface area contributed by atoms with E-state index in [0.29, 0.717) is 0 Å². The lowest BCUT2D eigenvalue weighted by Gasteiger charge is -2.21. The van der Waals surface area contributed by atoms with Crippen LogP contribution >= 0.6 is 0 Å². The molecule has 0 radical (unpaired) electrons. The van der Waals surface area contributed by atoms with Crippen LogP contribution in [0.5, 0.6) is 0 Å². The highest BCUT2D eigenvalue weighted by Crippen LogP contribution is 2.40. The Kier molecular flexibility index (Phi) is 2.94. The summed E-state index contributed by atoms with van der Waals surface area (Å²) in [5.41, 5.74) is 5.84. The molecule has 0 fully saturated rings. The van der Waals surface area contributed by atoms with Gasteiger partial charge < -0.3 is 0 Å². The van der Waals surface area contributed by atoms with Crippen molar-refractivity contribution in [3.05, 3.63) is 76.5 Å². The summed E-state index contributed by atoms with van der Waals surface area (Å²) in [5.74, 6) is 0. The fourth-order valence-corrected chi connectivity index (χ4v) is 4.68. The van der Waals surface area contributed by atoms with Gasteiger partial charge in [-0.1, -0.05) is 79.4 Å². The number of fused-ring (bicyclic) bond motifs is 1. The molecule has 19 heavy (non-hydrogen) atoms. The van der Waals surface area contributed by atoms with Gasteiger partial charge in [-0.05, 0) is 28.7 Å². The molecule has 0 aromatic heterocycles. The molecule has 0 spiro atoms. The average Bonchev–Trinajstić information content (AvgIpc) is 2.79. The van der Waals surface area contributed by atoms with Crippen LogP contribution in [0.3, 0.4) is 0 Å². The molecular formula is C18H20Si. The van der Waals surface area contributed by atoms with Gasteiger partial charge in [0.25, 0.3) is 0 Å². The monoisotopic (exact) mass is 264 g/mol.